The maximum atomic E-state index is 6.19. The van der Waals surface area contributed by atoms with Crippen LogP contribution in [0.3, 0.4) is 0 Å². The van der Waals surface area contributed by atoms with Crippen LogP contribution in [0.5, 0.6) is 5.75 Å². The Labute approximate surface area is 127 Å². The lowest BCUT2D eigenvalue weighted by Crippen LogP contribution is -2.16. The van der Waals surface area contributed by atoms with Crippen LogP contribution in [-0.2, 0) is 6.54 Å². The van der Waals surface area contributed by atoms with E-state index in [9.17, 15) is 0 Å². The molecule has 0 aliphatic carbocycles. The summed E-state index contributed by atoms with van der Waals surface area (Å²) in [6.07, 6.45) is 6.04. The highest BCUT2D eigenvalue weighted by atomic mass is 16.5. The van der Waals surface area contributed by atoms with Crippen LogP contribution in [0.4, 0.5) is 0 Å². The minimum absolute atomic E-state index is 0.0767. The second-order valence-corrected chi connectivity index (χ2v) is 5.93. The quantitative estimate of drug-likeness (QED) is 0.918. The molecule has 0 amide bonds. The molecule has 0 fully saturated rings. The molecule has 114 valence electrons. The fourth-order valence-corrected chi connectivity index (χ4v) is 2.54. The molecule has 1 unspecified atom stereocenters. The molecule has 2 heterocycles. The standard InChI is InChI=1S/C17H25N3O/c1-11(2)16(18)14-6-7-20(9-14)10-15-13(4)17(21-5)12(3)8-19-15/h6-9,11,16H,10,18H2,1-5H3. The number of aryl methyl sites for hydroxylation is 1. The first-order valence-electron chi connectivity index (χ1n) is 7.34. The molecule has 0 aromatic carbocycles. The molecule has 4 heteroatoms. The summed E-state index contributed by atoms with van der Waals surface area (Å²) < 4.78 is 7.59. The molecule has 2 aromatic rings. The Balaban J connectivity index is 2.23. The Bertz CT molecular complexity index is 616. The van der Waals surface area contributed by atoms with E-state index in [1.54, 1.807) is 7.11 Å². The number of rotatable bonds is 5. The van der Waals surface area contributed by atoms with Crippen molar-refractivity contribution in [2.24, 2.45) is 11.7 Å². The fourth-order valence-electron chi connectivity index (χ4n) is 2.54. The number of aromatic nitrogens is 2. The van der Waals surface area contributed by atoms with Crippen molar-refractivity contribution in [2.75, 3.05) is 7.11 Å². The van der Waals surface area contributed by atoms with Gasteiger partial charge in [-0.05, 0) is 31.4 Å². The van der Waals surface area contributed by atoms with Gasteiger partial charge in [-0.15, -0.1) is 0 Å². The van der Waals surface area contributed by atoms with Gasteiger partial charge >= 0.3 is 0 Å². The van der Waals surface area contributed by atoms with Crippen LogP contribution in [0.1, 0.15) is 42.3 Å². The molecule has 0 bridgehead atoms. The monoisotopic (exact) mass is 287 g/mol. The van der Waals surface area contributed by atoms with Crippen LogP contribution in [0.15, 0.2) is 24.7 Å². The van der Waals surface area contributed by atoms with Crippen molar-refractivity contribution in [1.82, 2.24) is 9.55 Å². The van der Waals surface area contributed by atoms with E-state index >= 15 is 0 Å². The highest BCUT2D eigenvalue weighted by Gasteiger charge is 2.13. The van der Waals surface area contributed by atoms with Gasteiger partial charge in [0, 0.05) is 35.8 Å². The molecule has 0 spiro atoms. The van der Waals surface area contributed by atoms with E-state index < -0.39 is 0 Å². The van der Waals surface area contributed by atoms with E-state index in [2.05, 4.69) is 48.8 Å². The smallest absolute Gasteiger partial charge is 0.128 e. The van der Waals surface area contributed by atoms with E-state index in [1.165, 1.54) is 5.56 Å². The van der Waals surface area contributed by atoms with Gasteiger partial charge in [0.2, 0.25) is 0 Å². The Hall–Kier alpha value is -1.81. The molecule has 0 saturated heterocycles. The Morgan fingerprint density at radius 3 is 2.67 bits per heavy atom. The van der Waals surface area contributed by atoms with Crippen molar-refractivity contribution >= 4 is 0 Å². The molecule has 2 N–H and O–H groups in total. The lowest BCUT2D eigenvalue weighted by Gasteiger charge is -2.14. The zero-order chi connectivity index (χ0) is 15.6. The van der Waals surface area contributed by atoms with Crippen LogP contribution in [0.25, 0.3) is 0 Å². The molecule has 21 heavy (non-hydrogen) atoms. The first-order chi connectivity index (χ1) is 9.93. The van der Waals surface area contributed by atoms with Crippen LogP contribution in [0.2, 0.25) is 0 Å². The topological polar surface area (TPSA) is 53.1 Å². The largest absolute Gasteiger partial charge is 0.496 e. The second kappa shape index (κ2) is 6.31. The molecule has 1 atom stereocenters. The summed E-state index contributed by atoms with van der Waals surface area (Å²) in [4.78, 5) is 4.54. The summed E-state index contributed by atoms with van der Waals surface area (Å²) in [6, 6.07) is 2.17. The van der Waals surface area contributed by atoms with Crippen LogP contribution in [-0.4, -0.2) is 16.7 Å². The first-order valence-corrected chi connectivity index (χ1v) is 7.34. The van der Waals surface area contributed by atoms with Gasteiger partial charge in [0.25, 0.3) is 0 Å². The van der Waals surface area contributed by atoms with Gasteiger partial charge in [0.1, 0.15) is 5.75 Å². The third-order valence-corrected chi connectivity index (χ3v) is 3.96. The van der Waals surface area contributed by atoms with Crippen molar-refractivity contribution in [1.29, 1.82) is 0 Å². The third kappa shape index (κ3) is 3.27. The van der Waals surface area contributed by atoms with Crippen LogP contribution in [0, 0.1) is 19.8 Å². The normalized spacial score (nSPS) is 12.7. The lowest BCUT2D eigenvalue weighted by molar-refractivity contribution is 0.406. The van der Waals surface area contributed by atoms with E-state index in [-0.39, 0.29) is 6.04 Å². The average Bonchev–Trinajstić information content (AvgIpc) is 2.90. The predicted octanol–water partition coefficient (Wildman–Crippen LogP) is 3.21. The summed E-state index contributed by atoms with van der Waals surface area (Å²) in [6.45, 7) is 9.07. The molecule has 0 aliphatic rings. The Kier molecular flexibility index (Phi) is 4.68. The number of nitrogens with zero attached hydrogens (tertiary/aromatic N) is 2. The molecule has 2 rings (SSSR count). The van der Waals surface area contributed by atoms with E-state index in [0.717, 1.165) is 29.1 Å². The summed E-state index contributed by atoms with van der Waals surface area (Å²) in [7, 11) is 1.70. The maximum absolute atomic E-state index is 6.19. The van der Waals surface area contributed by atoms with Gasteiger partial charge in [-0.25, -0.2) is 0 Å². The second-order valence-electron chi connectivity index (χ2n) is 5.93. The summed E-state index contributed by atoms with van der Waals surface area (Å²) in [5, 5.41) is 0. The Morgan fingerprint density at radius 2 is 2.05 bits per heavy atom. The number of nitrogens with two attached hydrogens (primary N) is 1. The molecular weight excluding hydrogens is 262 g/mol. The van der Waals surface area contributed by atoms with Crippen molar-refractivity contribution in [2.45, 2.75) is 40.3 Å². The van der Waals surface area contributed by atoms with E-state index in [1.807, 2.05) is 13.1 Å². The zero-order valence-corrected chi connectivity index (χ0v) is 13.6. The number of ether oxygens (including phenoxy) is 1. The number of hydrogen-bond donors (Lipinski definition) is 1. The average molecular weight is 287 g/mol. The highest BCUT2D eigenvalue weighted by molar-refractivity contribution is 5.41. The van der Waals surface area contributed by atoms with Crippen molar-refractivity contribution < 1.29 is 4.74 Å². The third-order valence-electron chi connectivity index (χ3n) is 3.96. The Morgan fingerprint density at radius 1 is 1.33 bits per heavy atom. The van der Waals surface area contributed by atoms with Crippen molar-refractivity contribution in [3.05, 3.63) is 47.0 Å². The predicted molar refractivity (Wildman–Crippen MR) is 85.6 cm³/mol. The molecule has 0 saturated carbocycles. The van der Waals surface area contributed by atoms with Crippen LogP contribution < -0.4 is 10.5 Å². The van der Waals surface area contributed by atoms with Crippen molar-refractivity contribution in [3.8, 4) is 5.75 Å². The lowest BCUT2D eigenvalue weighted by atomic mass is 10.00. The highest BCUT2D eigenvalue weighted by Crippen LogP contribution is 2.25. The van der Waals surface area contributed by atoms with Gasteiger partial charge in [-0.3, -0.25) is 4.98 Å². The maximum Gasteiger partial charge on any atom is 0.128 e. The number of hydrogen-bond acceptors (Lipinski definition) is 3. The van der Waals surface area contributed by atoms with Gasteiger partial charge < -0.3 is 15.0 Å². The number of methoxy groups -OCH3 is 1. The molecule has 4 nitrogen and oxygen atoms in total. The minimum Gasteiger partial charge on any atom is -0.496 e. The minimum atomic E-state index is 0.0767. The molecule has 0 radical (unpaired) electrons. The summed E-state index contributed by atoms with van der Waals surface area (Å²) in [5.41, 5.74) is 10.5. The van der Waals surface area contributed by atoms with Crippen LogP contribution >= 0.6 is 0 Å². The SMILES string of the molecule is COc1c(C)cnc(Cn2ccc(C(N)C(C)C)c2)c1C. The van der Waals surface area contributed by atoms with Gasteiger partial charge in [0.05, 0.1) is 19.3 Å². The van der Waals surface area contributed by atoms with E-state index in [4.69, 9.17) is 10.5 Å². The van der Waals surface area contributed by atoms with Crippen molar-refractivity contribution in [3.63, 3.8) is 0 Å². The van der Waals surface area contributed by atoms with Gasteiger partial charge in [0.15, 0.2) is 0 Å². The van der Waals surface area contributed by atoms with E-state index in [0.29, 0.717) is 5.92 Å². The summed E-state index contributed by atoms with van der Waals surface area (Å²) in [5.74, 6) is 1.35. The van der Waals surface area contributed by atoms with Gasteiger partial charge in [-0.2, -0.15) is 0 Å². The zero-order valence-electron chi connectivity index (χ0n) is 13.6. The summed E-state index contributed by atoms with van der Waals surface area (Å²) >= 11 is 0. The first kappa shape index (κ1) is 15.6. The van der Waals surface area contributed by atoms with Gasteiger partial charge in [-0.1, -0.05) is 13.8 Å². The number of pyridine rings is 1. The molecule has 0 aliphatic heterocycles. The fraction of sp³-hybridized carbons (Fsp3) is 0.471. The molecule has 2 aromatic heterocycles. The molecular formula is C17H25N3O.